The van der Waals surface area contributed by atoms with E-state index in [2.05, 4.69) is 17.5 Å². The van der Waals surface area contributed by atoms with Gasteiger partial charge in [-0.1, -0.05) is 19.7 Å². The van der Waals surface area contributed by atoms with Crippen LogP contribution in [0.2, 0.25) is 0 Å². The summed E-state index contributed by atoms with van der Waals surface area (Å²) in [7, 11) is 0. The molecule has 0 atom stereocenters. The van der Waals surface area contributed by atoms with Gasteiger partial charge in [-0.2, -0.15) is 0 Å². The van der Waals surface area contributed by atoms with Crippen molar-refractivity contribution in [1.29, 1.82) is 0 Å². The van der Waals surface area contributed by atoms with Gasteiger partial charge in [0, 0.05) is 37.8 Å². The number of carbonyl (C=O) groups is 1. The molecule has 1 fully saturated rings. The van der Waals surface area contributed by atoms with E-state index >= 15 is 0 Å². The summed E-state index contributed by atoms with van der Waals surface area (Å²) < 4.78 is 22.2. The van der Waals surface area contributed by atoms with Gasteiger partial charge in [-0.25, -0.2) is 4.39 Å². The van der Waals surface area contributed by atoms with Crippen LogP contribution in [0.15, 0.2) is 18.2 Å². The first-order chi connectivity index (χ1) is 9.60. The first-order valence-corrected chi connectivity index (χ1v) is 7.43. The number of hydrogen-bond acceptors (Lipinski definition) is 4. The molecule has 0 bridgehead atoms. The van der Waals surface area contributed by atoms with Crippen molar-refractivity contribution in [3.63, 3.8) is 0 Å². The van der Waals surface area contributed by atoms with Gasteiger partial charge >= 0.3 is 0 Å². The van der Waals surface area contributed by atoms with Gasteiger partial charge in [-0.3, -0.25) is 9.52 Å². The van der Waals surface area contributed by atoms with Crippen molar-refractivity contribution in [2.45, 2.75) is 51.2 Å². The zero-order chi connectivity index (χ0) is 14.5. The van der Waals surface area contributed by atoms with Crippen molar-refractivity contribution < 1.29 is 13.9 Å². The van der Waals surface area contributed by atoms with Gasteiger partial charge < -0.3 is 4.74 Å². The molecule has 5 heteroatoms. The normalized spacial score (nSPS) is 21.4. The van der Waals surface area contributed by atoms with Crippen molar-refractivity contribution in [3.8, 4) is 5.75 Å². The zero-order valence-corrected chi connectivity index (χ0v) is 12.5. The Morgan fingerprint density at radius 1 is 1.45 bits per heavy atom. The molecule has 1 N–H and O–H groups in total. The molecule has 0 aliphatic heterocycles. The van der Waals surface area contributed by atoms with Gasteiger partial charge in [0.05, 0.1) is 0 Å². The van der Waals surface area contributed by atoms with Crippen molar-refractivity contribution in [2.75, 3.05) is 0 Å². The number of hydrogen-bond donors (Lipinski definition) is 2. The summed E-state index contributed by atoms with van der Waals surface area (Å²) in [6, 6.07) is 5.06. The molecular formula is C15H20FNO2S. The second-order valence-corrected chi connectivity index (χ2v) is 5.48. The standard InChI is InChI=1S/C15H20FNO2S/c1-2-13(18)4-3-10-5-11(16)7-14(6-10)19-15-8-12(9-15)17-20/h5-7,12,15,17,20H,2-4,8-9H2,1H3/t12-,15+. The number of carbonyl (C=O) groups excluding carboxylic acids is 1. The molecule has 0 spiro atoms. The van der Waals surface area contributed by atoms with Gasteiger partial charge in [0.25, 0.3) is 0 Å². The van der Waals surface area contributed by atoms with Crippen LogP contribution in [0.1, 0.15) is 38.2 Å². The van der Waals surface area contributed by atoms with E-state index < -0.39 is 0 Å². The van der Waals surface area contributed by atoms with Crippen LogP contribution in [0.4, 0.5) is 4.39 Å². The SMILES string of the molecule is CCC(=O)CCc1cc(F)cc(O[C@H]2C[C@@H](NS)C2)c1. The highest BCUT2D eigenvalue weighted by molar-refractivity contribution is 7.78. The summed E-state index contributed by atoms with van der Waals surface area (Å²) in [6.07, 6.45) is 3.42. The maximum Gasteiger partial charge on any atom is 0.132 e. The second kappa shape index (κ2) is 7.09. The summed E-state index contributed by atoms with van der Waals surface area (Å²) in [5, 5.41) is 0. The maximum atomic E-state index is 13.6. The first-order valence-electron chi connectivity index (χ1n) is 6.98. The molecule has 0 heterocycles. The lowest BCUT2D eigenvalue weighted by Gasteiger charge is -2.34. The van der Waals surface area contributed by atoms with E-state index in [-0.39, 0.29) is 17.7 Å². The highest BCUT2D eigenvalue weighted by Crippen LogP contribution is 2.27. The fourth-order valence-electron chi connectivity index (χ4n) is 2.25. The number of ether oxygens (including phenoxy) is 1. The molecule has 3 nitrogen and oxygen atoms in total. The minimum Gasteiger partial charge on any atom is -0.490 e. The number of aryl methyl sites for hydroxylation is 1. The largest absolute Gasteiger partial charge is 0.490 e. The molecule has 1 aromatic rings. The van der Waals surface area contributed by atoms with E-state index in [4.69, 9.17) is 4.74 Å². The van der Waals surface area contributed by atoms with E-state index in [1.807, 2.05) is 13.0 Å². The van der Waals surface area contributed by atoms with Crippen LogP contribution < -0.4 is 9.46 Å². The zero-order valence-electron chi connectivity index (χ0n) is 11.6. The van der Waals surface area contributed by atoms with Crippen LogP contribution in [0, 0.1) is 5.82 Å². The van der Waals surface area contributed by atoms with Crippen molar-refractivity contribution in [2.24, 2.45) is 0 Å². The molecule has 110 valence electrons. The minimum absolute atomic E-state index is 0.117. The molecule has 2 rings (SSSR count). The van der Waals surface area contributed by atoms with Gasteiger partial charge in [0.2, 0.25) is 0 Å². The van der Waals surface area contributed by atoms with Gasteiger partial charge in [-0.15, -0.1) is 0 Å². The van der Waals surface area contributed by atoms with Crippen LogP contribution in [0.25, 0.3) is 0 Å². The average Bonchev–Trinajstić information content (AvgIpc) is 2.39. The number of thiol groups is 1. The van der Waals surface area contributed by atoms with Crippen molar-refractivity contribution >= 4 is 18.6 Å². The summed E-state index contributed by atoms with van der Waals surface area (Å²) in [5.74, 6) is 0.426. The molecule has 0 amide bonds. The Labute approximate surface area is 124 Å². The molecular weight excluding hydrogens is 277 g/mol. The summed E-state index contributed by atoms with van der Waals surface area (Å²) in [5.41, 5.74) is 0.810. The minimum atomic E-state index is -0.315. The summed E-state index contributed by atoms with van der Waals surface area (Å²) >= 11 is 4.00. The number of nitrogens with one attached hydrogen (secondary N) is 1. The van der Waals surface area contributed by atoms with E-state index in [1.54, 1.807) is 0 Å². The third-order valence-corrected chi connectivity index (χ3v) is 3.96. The first kappa shape index (κ1) is 15.3. The number of Topliss-reactive ketones (excluding diaryl/α,β-unsaturated/α-hetero) is 1. The molecule has 0 saturated heterocycles. The Morgan fingerprint density at radius 3 is 2.85 bits per heavy atom. The molecule has 1 aromatic carbocycles. The lowest BCUT2D eigenvalue weighted by Crippen LogP contribution is -2.43. The Morgan fingerprint density at radius 2 is 2.20 bits per heavy atom. The molecule has 1 saturated carbocycles. The molecule has 1 aliphatic rings. The maximum absolute atomic E-state index is 13.6. The van der Waals surface area contributed by atoms with Crippen molar-refractivity contribution in [1.82, 2.24) is 4.72 Å². The molecule has 20 heavy (non-hydrogen) atoms. The topological polar surface area (TPSA) is 38.3 Å². The molecule has 0 unspecified atom stereocenters. The second-order valence-electron chi connectivity index (χ2n) is 5.22. The highest BCUT2D eigenvalue weighted by Gasteiger charge is 2.29. The van der Waals surface area contributed by atoms with Gasteiger partial charge in [-0.05, 0) is 24.1 Å². The van der Waals surface area contributed by atoms with Gasteiger partial charge in [0.15, 0.2) is 0 Å². The summed E-state index contributed by atoms with van der Waals surface area (Å²) in [6.45, 7) is 1.84. The molecule has 1 aliphatic carbocycles. The Hall–Kier alpha value is -1.07. The lowest BCUT2D eigenvalue weighted by molar-refractivity contribution is -0.118. The molecule has 0 aromatic heterocycles. The van der Waals surface area contributed by atoms with Crippen LogP contribution >= 0.6 is 12.8 Å². The average molecular weight is 297 g/mol. The van der Waals surface area contributed by atoms with Crippen LogP contribution in [0.3, 0.4) is 0 Å². The molecule has 0 radical (unpaired) electrons. The lowest BCUT2D eigenvalue weighted by atomic mass is 9.90. The number of ketones is 1. The number of benzene rings is 1. The fraction of sp³-hybridized carbons (Fsp3) is 0.533. The predicted octanol–water partition coefficient (Wildman–Crippen LogP) is 3.08. The Kier molecular flexibility index (Phi) is 5.43. The quantitative estimate of drug-likeness (QED) is 0.760. The number of rotatable bonds is 7. The van der Waals surface area contributed by atoms with Crippen molar-refractivity contribution in [3.05, 3.63) is 29.6 Å². The van der Waals surface area contributed by atoms with E-state index in [0.29, 0.717) is 31.1 Å². The monoisotopic (exact) mass is 297 g/mol. The van der Waals surface area contributed by atoms with Crippen LogP contribution in [-0.2, 0) is 11.2 Å². The Bertz CT molecular complexity index is 475. The third kappa shape index (κ3) is 4.21. The summed E-state index contributed by atoms with van der Waals surface area (Å²) in [4.78, 5) is 11.3. The Balaban J connectivity index is 1.92. The van der Waals surface area contributed by atoms with Crippen LogP contribution in [-0.4, -0.2) is 17.9 Å². The van der Waals surface area contributed by atoms with E-state index in [0.717, 1.165) is 18.4 Å². The van der Waals surface area contributed by atoms with E-state index in [1.165, 1.54) is 12.1 Å². The smallest absolute Gasteiger partial charge is 0.132 e. The predicted molar refractivity (Wildman–Crippen MR) is 79.6 cm³/mol. The number of halogens is 1. The fourth-order valence-corrected chi connectivity index (χ4v) is 2.46. The highest BCUT2D eigenvalue weighted by atomic mass is 32.1. The van der Waals surface area contributed by atoms with Gasteiger partial charge in [0.1, 0.15) is 23.5 Å². The van der Waals surface area contributed by atoms with E-state index in [9.17, 15) is 9.18 Å². The third-order valence-electron chi connectivity index (χ3n) is 3.60. The van der Waals surface area contributed by atoms with Crippen LogP contribution in [0.5, 0.6) is 5.75 Å².